The van der Waals surface area contributed by atoms with Crippen LogP contribution in [0.2, 0.25) is 0 Å². The van der Waals surface area contributed by atoms with Gasteiger partial charge in [0.05, 0.1) is 17.8 Å². The number of carbonyl (C=O) groups is 2. The first-order valence-electron chi connectivity index (χ1n) is 10.9. The molecule has 2 heterocycles. The van der Waals surface area contributed by atoms with E-state index in [2.05, 4.69) is 48.2 Å². The Labute approximate surface area is 190 Å². The molecule has 3 rings (SSSR count). The standard InChI is InChI=1S/C19H24FN5O2.C5H12/c1-12-5-6-13(14(20)9-12)18-23-17(19(27)22-10-16(26)21-2)15-11-24(3)7-4-8-25(15)18;1-5(2,3)4/h5-6,9H,4,7-8,10-11H2,1-3H3,(H,21,26)(H,22,27);1-4H3. The second-order valence-electron chi connectivity index (χ2n) is 9.81. The second kappa shape index (κ2) is 10.7. The summed E-state index contributed by atoms with van der Waals surface area (Å²) in [6, 6.07) is 4.99. The fraction of sp³-hybridized carbons (Fsp3) is 0.542. The summed E-state index contributed by atoms with van der Waals surface area (Å²) in [5.41, 5.74) is 2.67. The van der Waals surface area contributed by atoms with Crippen LogP contribution in [0.5, 0.6) is 0 Å². The maximum atomic E-state index is 14.6. The topological polar surface area (TPSA) is 79.3 Å². The summed E-state index contributed by atoms with van der Waals surface area (Å²) in [5.74, 6) is -0.646. The molecule has 1 aromatic heterocycles. The van der Waals surface area contributed by atoms with Crippen LogP contribution in [-0.2, 0) is 17.9 Å². The van der Waals surface area contributed by atoms with Gasteiger partial charge in [0, 0.05) is 20.1 Å². The molecule has 1 aliphatic rings. The molecule has 0 saturated heterocycles. The van der Waals surface area contributed by atoms with E-state index in [0.29, 0.717) is 29.9 Å². The fourth-order valence-corrected chi connectivity index (χ4v) is 3.24. The summed E-state index contributed by atoms with van der Waals surface area (Å²) in [5, 5.41) is 5.04. The lowest BCUT2D eigenvalue weighted by Crippen LogP contribution is -2.36. The molecule has 0 bridgehead atoms. The predicted molar refractivity (Wildman–Crippen MR) is 125 cm³/mol. The summed E-state index contributed by atoms with van der Waals surface area (Å²) >= 11 is 0. The van der Waals surface area contributed by atoms with E-state index in [0.717, 1.165) is 24.2 Å². The highest BCUT2D eigenvalue weighted by molar-refractivity contribution is 5.96. The molecule has 0 fully saturated rings. The summed E-state index contributed by atoms with van der Waals surface area (Å²) < 4.78 is 16.5. The average molecular weight is 446 g/mol. The smallest absolute Gasteiger partial charge is 0.272 e. The van der Waals surface area contributed by atoms with Crippen LogP contribution in [0.1, 0.15) is 55.9 Å². The van der Waals surface area contributed by atoms with Crippen molar-refractivity contribution in [1.82, 2.24) is 25.1 Å². The number of aryl methyl sites for hydroxylation is 1. The fourth-order valence-electron chi connectivity index (χ4n) is 3.24. The van der Waals surface area contributed by atoms with Crippen molar-refractivity contribution in [1.29, 1.82) is 0 Å². The Morgan fingerprint density at radius 1 is 1.19 bits per heavy atom. The largest absolute Gasteiger partial charge is 0.358 e. The molecule has 0 atom stereocenters. The first kappa shape index (κ1) is 25.5. The van der Waals surface area contributed by atoms with Crippen LogP contribution >= 0.6 is 0 Å². The van der Waals surface area contributed by atoms with E-state index in [1.807, 2.05) is 24.6 Å². The number of imidazole rings is 1. The van der Waals surface area contributed by atoms with Gasteiger partial charge in [0.1, 0.15) is 11.6 Å². The number of likely N-dealkylation sites (N-methyl/N-ethyl adjacent to an activating group) is 1. The van der Waals surface area contributed by atoms with E-state index in [1.165, 1.54) is 13.1 Å². The lowest BCUT2D eigenvalue weighted by Gasteiger charge is -2.13. The van der Waals surface area contributed by atoms with E-state index in [1.54, 1.807) is 6.07 Å². The van der Waals surface area contributed by atoms with E-state index < -0.39 is 5.91 Å². The molecule has 32 heavy (non-hydrogen) atoms. The molecule has 0 saturated carbocycles. The zero-order valence-electron chi connectivity index (χ0n) is 20.3. The number of nitrogens with zero attached hydrogens (tertiary/aromatic N) is 3. The van der Waals surface area contributed by atoms with E-state index in [9.17, 15) is 14.0 Å². The zero-order chi connectivity index (χ0) is 24.1. The number of amides is 2. The minimum atomic E-state index is -0.434. The molecule has 176 valence electrons. The maximum absolute atomic E-state index is 14.6. The molecule has 0 unspecified atom stereocenters. The number of carbonyl (C=O) groups excluding carboxylic acids is 2. The van der Waals surface area contributed by atoms with Crippen molar-refractivity contribution in [2.24, 2.45) is 5.41 Å². The molecule has 1 aromatic carbocycles. The third-order valence-electron chi connectivity index (χ3n) is 4.68. The number of aromatic nitrogens is 2. The summed E-state index contributed by atoms with van der Waals surface area (Å²) in [6.45, 7) is 12.5. The first-order valence-corrected chi connectivity index (χ1v) is 10.9. The first-order chi connectivity index (χ1) is 14.9. The summed E-state index contributed by atoms with van der Waals surface area (Å²) in [6.07, 6.45) is 0.875. The molecule has 7 nitrogen and oxygen atoms in total. The Hall–Kier alpha value is -2.74. The summed E-state index contributed by atoms with van der Waals surface area (Å²) in [7, 11) is 3.48. The molecule has 2 amide bonds. The Morgan fingerprint density at radius 3 is 2.44 bits per heavy atom. The van der Waals surface area contributed by atoms with Crippen LogP contribution in [0.25, 0.3) is 11.4 Å². The Kier molecular flexibility index (Phi) is 8.55. The lowest BCUT2D eigenvalue weighted by molar-refractivity contribution is -0.119. The SMILES string of the molecule is CC(C)(C)C.CNC(=O)CNC(=O)c1nc(-c2ccc(C)cc2F)n2c1CN(C)CCC2. The van der Waals surface area contributed by atoms with Gasteiger partial charge in [-0.1, -0.05) is 33.8 Å². The molecule has 1 aliphatic heterocycles. The van der Waals surface area contributed by atoms with Crippen molar-refractivity contribution in [2.45, 2.75) is 54.1 Å². The highest BCUT2D eigenvalue weighted by atomic mass is 19.1. The quantitative estimate of drug-likeness (QED) is 0.756. The molecule has 0 spiro atoms. The average Bonchev–Trinajstić information content (AvgIpc) is 2.90. The van der Waals surface area contributed by atoms with Crippen LogP contribution in [0.15, 0.2) is 18.2 Å². The number of halogens is 1. The van der Waals surface area contributed by atoms with Gasteiger partial charge in [-0.3, -0.25) is 9.59 Å². The van der Waals surface area contributed by atoms with Gasteiger partial charge in [0.25, 0.3) is 5.91 Å². The molecular formula is C24H36FN5O2. The van der Waals surface area contributed by atoms with Gasteiger partial charge in [-0.2, -0.15) is 0 Å². The minimum Gasteiger partial charge on any atom is -0.358 e. The molecule has 0 aliphatic carbocycles. The molecular weight excluding hydrogens is 409 g/mol. The maximum Gasteiger partial charge on any atom is 0.272 e. The zero-order valence-corrected chi connectivity index (χ0v) is 20.3. The molecule has 0 radical (unpaired) electrons. The van der Waals surface area contributed by atoms with Gasteiger partial charge >= 0.3 is 0 Å². The van der Waals surface area contributed by atoms with E-state index in [4.69, 9.17) is 0 Å². The Balaban J connectivity index is 0.000000654. The van der Waals surface area contributed by atoms with E-state index in [-0.39, 0.29) is 24.0 Å². The highest BCUT2D eigenvalue weighted by Gasteiger charge is 2.27. The molecule has 2 aromatic rings. The normalized spacial score (nSPS) is 14.0. The lowest BCUT2D eigenvalue weighted by atomic mass is 10.0. The van der Waals surface area contributed by atoms with Crippen molar-refractivity contribution in [2.75, 3.05) is 27.2 Å². The number of benzene rings is 1. The van der Waals surface area contributed by atoms with Crippen molar-refractivity contribution < 1.29 is 14.0 Å². The third-order valence-corrected chi connectivity index (χ3v) is 4.68. The minimum absolute atomic E-state index is 0.133. The molecule has 8 heteroatoms. The van der Waals surface area contributed by atoms with Crippen LogP contribution in [0.3, 0.4) is 0 Å². The van der Waals surface area contributed by atoms with Gasteiger partial charge in [-0.05, 0) is 50.0 Å². The number of hydrogen-bond donors (Lipinski definition) is 2. The van der Waals surface area contributed by atoms with Crippen molar-refractivity contribution in [3.05, 3.63) is 41.0 Å². The van der Waals surface area contributed by atoms with Crippen molar-refractivity contribution in [3.63, 3.8) is 0 Å². The summed E-state index contributed by atoms with van der Waals surface area (Å²) in [4.78, 5) is 30.7. The van der Waals surface area contributed by atoms with Crippen molar-refractivity contribution in [3.8, 4) is 11.4 Å². The monoisotopic (exact) mass is 445 g/mol. The highest BCUT2D eigenvalue weighted by Crippen LogP contribution is 2.28. The molecule has 2 N–H and O–H groups in total. The predicted octanol–water partition coefficient (Wildman–Crippen LogP) is 3.36. The van der Waals surface area contributed by atoms with Gasteiger partial charge in [-0.25, -0.2) is 9.37 Å². The van der Waals surface area contributed by atoms with Crippen LogP contribution in [0, 0.1) is 18.2 Å². The van der Waals surface area contributed by atoms with Crippen molar-refractivity contribution >= 4 is 11.8 Å². The third kappa shape index (κ3) is 7.15. The van der Waals surface area contributed by atoms with Gasteiger partial charge in [-0.15, -0.1) is 0 Å². The van der Waals surface area contributed by atoms with Gasteiger partial charge in [0.15, 0.2) is 5.69 Å². The van der Waals surface area contributed by atoms with Crippen LogP contribution in [-0.4, -0.2) is 53.5 Å². The van der Waals surface area contributed by atoms with Crippen LogP contribution < -0.4 is 10.6 Å². The second-order valence-corrected chi connectivity index (χ2v) is 9.81. The Morgan fingerprint density at radius 2 is 1.84 bits per heavy atom. The number of fused-ring (bicyclic) bond motifs is 1. The number of hydrogen-bond acceptors (Lipinski definition) is 4. The van der Waals surface area contributed by atoms with Crippen LogP contribution in [0.4, 0.5) is 4.39 Å². The van der Waals surface area contributed by atoms with Gasteiger partial charge < -0.3 is 20.1 Å². The Bertz CT molecular complexity index is 956. The van der Waals surface area contributed by atoms with Gasteiger partial charge in [0.2, 0.25) is 5.91 Å². The number of nitrogens with one attached hydrogen (secondary N) is 2. The van der Waals surface area contributed by atoms with E-state index >= 15 is 0 Å². The number of rotatable bonds is 4.